The third-order valence-electron chi connectivity index (χ3n) is 2.93. The zero-order chi connectivity index (χ0) is 14.1. The predicted octanol–water partition coefficient (Wildman–Crippen LogP) is 2.86. The standard InChI is InChI=1S/C14H10BrNO3S/c15-12-4-3-11(20-12)13(17)8-1-2-10-9(7-8)14(18)16-5-6-19-10/h1-4,7H,5-6H2,(H,16,18). The van der Waals surface area contributed by atoms with Crippen LogP contribution in [0.2, 0.25) is 0 Å². The Balaban J connectivity index is 1.99. The lowest BCUT2D eigenvalue weighted by Gasteiger charge is -2.06. The van der Waals surface area contributed by atoms with Gasteiger partial charge in [0, 0.05) is 5.56 Å². The van der Waals surface area contributed by atoms with Gasteiger partial charge in [-0.1, -0.05) is 0 Å². The van der Waals surface area contributed by atoms with Crippen molar-refractivity contribution in [2.75, 3.05) is 13.2 Å². The molecule has 0 radical (unpaired) electrons. The highest BCUT2D eigenvalue weighted by atomic mass is 79.9. The Labute approximate surface area is 127 Å². The topological polar surface area (TPSA) is 55.4 Å². The maximum Gasteiger partial charge on any atom is 0.255 e. The molecule has 3 rings (SSSR count). The molecular formula is C14H10BrNO3S. The summed E-state index contributed by atoms with van der Waals surface area (Å²) < 4.78 is 6.36. The van der Waals surface area contributed by atoms with Gasteiger partial charge in [0.2, 0.25) is 5.78 Å². The molecule has 1 aliphatic heterocycles. The Morgan fingerprint density at radius 1 is 1.30 bits per heavy atom. The highest BCUT2D eigenvalue weighted by molar-refractivity contribution is 9.11. The Bertz CT molecular complexity index is 695. The van der Waals surface area contributed by atoms with Crippen molar-refractivity contribution in [2.45, 2.75) is 0 Å². The molecule has 2 aromatic rings. The number of hydrogen-bond acceptors (Lipinski definition) is 4. The van der Waals surface area contributed by atoms with Crippen LogP contribution >= 0.6 is 27.3 Å². The molecule has 1 aromatic heterocycles. The summed E-state index contributed by atoms with van der Waals surface area (Å²) in [5.74, 6) is 0.212. The van der Waals surface area contributed by atoms with Gasteiger partial charge in [0.15, 0.2) is 0 Å². The van der Waals surface area contributed by atoms with Crippen LogP contribution in [-0.4, -0.2) is 24.8 Å². The molecule has 0 fully saturated rings. The lowest BCUT2D eigenvalue weighted by Crippen LogP contribution is -2.24. The molecule has 2 heterocycles. The van der Waals surface area contributed by atoms with Crippen LogP contribution in [0.5, 0.6) is 5.75 Å². The number of halogens is 1. The second-order valence-electron chi connectivity index (χ2n) is 4.25. The minimum atomic E-state index is -0.209. The van der Waals surface area contributed by atoms with Crippen molar-refractivity contribution >= 4 is 39.0 Å². The van der Waals surface area contributed by atoms with Crippen LogP contribution in [0.4, 0.5) is 0 Å². The molecule has 102 valence electrons. The quantitative estimate of drug-likeness (QED) is 0.846. The van der Waals surface area contributed by atoms with Gasteiger partial charge >= 0.3 is 0 Å². The minimum absolute atomic E-state index is 0.0967. The maximum atomic E-state index is 12.4. The lowest BCUT2D eigenvalue weighted by molar-refractivity contribution is 0.0957. The molecule has 4 nitrogen and oxygen atoms in total. The number of rotatable bonds is 2. The van der Waals surface area contributed by atoms with E-state index in [1.165, 1.54) is 11.3 Å². The van der Waals surface area contributed by atoms with E-state index in [1.54, 1.807) is 24.3 Å². The number of ether oxygens (including phenoxy) is 1. The van der Waals surface area contributed by atoms with Crippen LogP contribution < -0.4 is 10.1 Å². The zero-order valence-electron chi connectivity index (χ0n) is 10.3. The summed E-state index contributed by atoms with van der Waals surface area (Å²) in [5.41, 5.74) is 0.891. The van der Waals surface area contributed by atoms with Gasteiger partial charge in [0.05, 0.1) is 20.8 Å². The first-order valence-corrected chi connectivity index (χ1v) is 7.61. The molecule has 1 N–H and O–H groups in total. The summed E-state index contributed by atoms with van der Waals surface area (Å²) in [6.07, 6.45) is 0. The van der Waals surface area contributed by atoms with Gasteiger partial charge in [0.1, 0.15) is 12.4 Å². The van der Waals surface area contributed by atoms with Gasteiger partial charge < -0.3 is 10.1 Å². The van der Waals surface area contributed by atoms with E-state index in [2.05, 4.69) is 21.2 Å². The van der Waals surface area contributed by atoms with Crippen LogP contribution in [-0.2, 0) is 0 Å². The molecule has 6 heteroatoms. The first kappa shape index (κ1) is 13.3. The van der Waals surface area contributed by atoms with Crippen LogP contribution in [0.1, 0.15) is 25.6 Å². The first-order valence-electron chi connectivity index (χ1n) is 6.00. The normalized spacial score (nSPS) is 13.9. The monoisotopic (exact) mass is 351 g/mol. The number of carbonyl (C=O) groups excluding carboxylic acids is 2. The summed E-state index contributed by atoms with van der Waals surface area (Å²) in [4.78, 5) is 24.9. The average Bonchev–Trinajstić information content (AvgIpc) is 2.80. The van der Waals surface area contributed by atoms with E-state index in [9.17, 15) is 9.59 Å². The van der Waals surface area contributed by atoms with Crippen LogP contribution in [0, 0.1) is 0 Å². The van der Waals surface area contributed by atoms with Crippen molar-refractivity contribution in [2.24, 2.45) is 0 Å². The molecule has 0 saturated heterocycles. The maximum absolute atomic E-state index is 12.4. The highest BCUT2D eigenvalue weighted by Crippen LogP contribution is 2.27. The lowest BCUT2D eigenvalue weighted by atomic mass is 10.0. The van der Waals surface area contributed by atoms with Crippen LogP contribution in [0.15, 0.2) is 34.1 Å². The number of benzene rings is 1. The number of thiophene rings is 1. The molecule has 0 unspecified atom stereocenters. The Kier molecular flexibility index (Phi) is 3.58. The highest BCUT2D eigenvalue weighted by Gasteiger charge is 2.19. The summed E-state index contributed by atoms with van der Waals surface area (Å²) in [6, 6.07) is 8.55. The number of hydrogen-bond donors (Lipinski definition) is 1. The van der Waals surface area contributed by atoms with Crippen LogP contribution in [0.25, 0.3) is 0 Å². The van der Waals surface area contributed by atoms with E-state index in [0.717, 1.165) is 3.79 Å². The number of amides is 1. The smallest absolute Gasteiger partial charge is 0.255 e. The van der Waals surface area contributed by atoms with Gasteiger partial charge in [-0.2, -0.15) is 0 Å². The molecule has 0 atom stereocenters. The second kappa shape index (κ2) is 5.38. The van der Waals surface area contributed by atoms with Gasteiger partial charge in [0.25, 0.3) is 5.91 Å². The Hall–Kier alpha value is -1.66. The molecule has 0 aliphatic carbocycles. The van der Waals surface area contributed by atoms with Crippen molar-refractivity contribution in [3.05, 3.63) is 50.1 Å². The van der Waals surface area contributed by atoms with Gasteiger partial charge in [-0.3, -0.25) is 9.59 Å². The van der Waals surface area contributed by atoms with E-state index in [1.807, 2.05) is 6.07 Å². The minimum Gasteiger partial charge on any atom is -0.491 e. The van der Waals surface area contributed by atoms with E-state index < -0.39 is 0 Å². The largest absolute Gasteiger partial charge is 0.491 e. The number of ketones is 1. The van der Waals surface area contributed by atoms with Gasteiger partial charge in [-0.25, -0.2) is 0 Å². The van der Waals surface area contributed by atoms with Crippen LogP contribution in [0.3, 0.4) is 0 Å². The van der Waals surface area contributed by atoms with Crippen molar-refractivity contribution in [3.63, 3.8) is 0 Å². The Morgan fingerprint density at radius 2 is 2.15 bits per heavy atom. The fourth-order valence-electron chi connectivity index (χ4n) is 1.97. The first-order chi connectivity index (χ1) is 9.65. The number of fused-ring (bicyclic) bond motifs is 1. The van der Waals surface area contributed by atoms with Gasteiger partial charge in [-0.15, -0.1) is 11.3 Å². The van der Waals surface area contributed by atoms with Crippen molar-refractivity contribution in [1.82, 2.24) is 5.32 Å². The number of carbonyl (C=O) groups is 2. The predicted molar refractivity (Wildman–Crippen MR) is 79.7 cm³/mol. The van der Waals surface area contributed by atoms with Crippen molar-refractivity contribution in [3.8, 4) is 5.75 Å². The Morgan fingerprint density at radius 3 is 2.90 bits per heavy atom. The third-order valence-corrected chi connectivity index (χ3v) is 4.55. The van der Waals surface area contributed by atoms with Crippen molar-refractivity contribution < 1.29 is 14.3 Å². The summed E-state index contributed by atoms with van der Waals surface area (Å²) in [7, 11) is 0. The molecule has 1 amide bonds. The zero-order valence-corrected chi connectivity index (χ0v) is 12.7. The molecule has 0 spiro atoms. The molecule has 1 aromatic carbocycles. The second-order valence-corrected chi connectivity index (χ2v) is 6.71. The summed E-state index contributed by atoms with van der Waals surface area (Å²) in [5, 5.41) is 2.73. The molecule has 20 heavy (non-hydrogen) atoms. The van der Waals surface area contributed by atoms with E-state index in [0.29, 0.717) is 34.9 Å². The summed E-state index contributed by atoms with van der Waals surface area (Å²) >= 11 is 4.70. The van der Waals surface area contributed by atoms with Gasteiger partial charge in [-0.05, 0) is 46.3 Å². The van der Waals surface area contributed by atoms with E-state index in [4.69, 9.17) is 4.74 Å². The number of nitrogens with one attached hydrogen (secondary N) is 1. The fourth-order valence-corrected chi connectivity index (χ4v) is 3.32. The molecular weight excluding hydrogens is 342 g/mol. The van der Waals surface area contributed by atoms with E-state index >= 15 is 0 Å². The SMILES string of the molecule is O=C(c1ccc2c(c1)C(=O)NCCO2)c1ccc(Br)s1. The molecule has 1 aliphatic rings. The van der Waals surface area contributed by atoms with Crippen molar-refractivity contribution in [1.29, 1.82) is 0 Å². The average molecular weight is 352 g/mol. The molecule has 0 bridgehead atoms. The third kappa shape index (κ3) is 2.48. The summed E-state index contributed by atoms with van der Waals surface area (Å²) in [6.45, 7) is 0.901. The van der Waals surface area contributed by atoms with E-state index in [-0.39, 0.29) is 11.7 Å². The fraction of sp³-hybridized carbons (Fsp3) is 0.143. The molecule has 0 saturated carbocycles.